The number of para-hydroxylation sites is 2. The number of benzene rings is 2. The monoisotopic (exact) mass is 371 g/mol. The molecule has 5 nitrogen and oxygen atoms in total. The number of pyridine rings is 1. The molecule has 27 heavy (non-hydrogen) atoms. The molecule has 0 unspecified atom stereocenters. The van der Waals surface area contributed by atoms with E-state index in [0.717, 1.165) is 0 Å². The molecule has 0 spiro atoms. The summed E-state index contributed by atoms with van der Waals surface area (Å²) in [6.45, 7) is -3.01. The van der Waals surface area contributed by atoms with Crippen LogP contribution >= 0.6 is 0 Å². The fraction of sp³-hybridized carbons (Fsp3) is 0.100. The molecule has 0 aliphatic carbocycles. The van der Waals surface area contributed by atoms with Gasteiger partial charge < -0.3 is 14.6 Å². The van der Waals surface area contributed by atoms with Gasteiger partial charge in [-0.1, -0.05) is 30.3 Å². The van der Waals surface area contributed by atoms with Crippen molar-refractivity contribution in [2.24, 2.45) is 0 Å². The highest BCUT2D eigenvalue weighted by Gasteiger charge is 2.14. The number of carbonyl (C=O) groups is 1. The van der Waals surface area contributed by atoms with Crippen LogP contribution in [0.15, 0.2) is 48.5 Å². The van der Waals surface area contributed by atoms with Crippen LogP contribution < -0.4 is 9.47 Å². The third kappa shape index (κ3) is 4.03. The Hall–Kier alpha value is -3.48. The normalized spacial score (nSPS) is 11.3. The van der Waals surface area contributed by atoms with Gasteiger partial charge in [-0.05, 0) is 30.4 Å². The van der Waals surface area contributed by atoms with Crippen molar-refractivity contribution < 1.29 is 28.2 Å². The molecular formula is C20H15F2NO4. The lowest BCUT2D eigenvalue weighted by Crippen LogP contribution is -2.05. The Morgan fingerprint density at radius 2 is 1.93 bits per heavy atom. The zero-order chi connectivity index (χ0) is 19.4. The van der Waals surface area contributed by atoms with Crippen LogP contribution in [-0.4, -0.2) is 29.8 Å². The summed E-state index contributed by atoms with van der Waals surface area (Å²) in [6.07, 6.45) is 3.05. The molecule has 0 radical (unpaired) electrons. The highest BCUT2D eigenvalue weighted by atomic mass is 19.3. The first-order chi connectivity index (χ1) is 13.0. The molecule has 3 rings (SSSR count). The molecule has 0 saturated carbocycles. The van der Waals surface area contributed by atoms with Crippen LogP contribution in [0, 0.1) is 0 Å². The summed E-state index contributed by atoms with van der Waals surface area (Å²) in [5.41, 5.74) is 1.35. The first-order valence-electron chi connectivity index (χ1n) is 7.92. The second-order valence-electron chi connectivity index (χ2n) is 5.51. The van der Waals surface area contributed by atoms with Gasteiger partial charge in [0.1, 0.15) is 0 Å². The van der Waals surface area contributed by atoms with E-state index in [2.05, 4.69) is 9.72 Å². The Morgan fingerprint density at radius 3 is 2.63 bits per heavy atom. The molecular weight excluding hydrogens is 356 g/mol. The molecule has 0 saturated heterocycles. The lowest BCUT2D eigenvalue weighted by molar-refractivity contribution is -0.0513. The van der Waals surface area contributed by atoms with Crippen molar-refractivity contribution in [1.82, 2.24) is 4.98 Å². The third-order valence-electron chi connectivity index (χ3n) is 3.84. The molecule has 0 amide bonds. The number of halogens is 2. The van der Waals surface area contributed by atoms with E-state index in [0.29, 0.717) is 22.2 Å². The van der Waals surface area contributed by atoms with Gasteiger partial charge in [-0.2, -0.15) is 8.78 Å². The molecule has 7 heteroatoms. The summed E-state index contributed by atoms with van der Waals surface area (Å²) in [6, 6.07) is 13.0. The number of fused-ring (bicyclic) bond motifs is 1. The van der Waals surface area contributed by atoms with E-state index < -0.39 is 12.6 Å². The number of hydrogen-bond donors (Lipinski definition) is 1. The van der Waals surface area contributed by atoms with Gasteiger partial charge in [0, 0.05) is 10.9 Å². The molecule has 0 bridgehead atoms. The van der Waals surface area contributed by atoms with E-state index in [1.54, 1.807) is 36.4 Å². The second kappa shape index (κ2) is 7.82. The van der Waals surface area contributed by atoms with E-state index in [-0.39, 0.29) is 17.1 Å². The van der Waals surface area contributed by atoms with Gasteiger partial charge >= 0.3 is 12.6 Å². The van der Waals surface area contributed by atoms with Crippen molar-refractivity contribution in [1.29, 1.82) is 0 Å². The standard InChI is InChI=1S/C20H15F2NO4/c1-26-17-8-4-5-12(18(17)27-20(21)22)9-10-13-11-15(19(24)25)14-6-2-3-7-16(14)23-13/h2-11,20H,1H3,(H,24,25). The fourth-order valence-corrected chi connectivity index (χ4v) is 2.67. The van der Waals surface area contributed by atoms with Crippen molar-refractivity contribution in [2.45, 2.75) is 6.61 Å². The van der Waals surface area contributed by atoms with Gasteiger partial charge in [0.15, 0.2) is 11.5 Å². The number of ether oxygens (including phenoxy) is 2. The second-order valence-corrected chi connectivity index (χ2v) is 5.51. The summed E-state index contributed by atoms with van der Waals surface area (Å²) >= 11 is 0. The van der Waals surface area contributed by atoms with E-state index in [4.69, 9.17) is 4.74 Å². The summed E-state index contributed by atoms with van der Waals surface area (Å²) in [4.78, 5) is 15.9. The van der Waals surface area contributed by atoms with E-state index in [9.17, 15) is 18.7 Å². The predicted octanol–water partition coefficient (Wildman–Crippen LogP) is 4.71. The van der Waals surface area contributed by atoms with Crippen LogP contribution in [0.2, 0.25) is 0 Å². The smallest absolute Gasteiger partial charge is 0.387 e. The maximum atomic E-state index is 12.7. The number of methoxy groups -OCH3 is 1. The minimum atomic E-state index is -3.01. The van der Waals surface area contributed by atoms with Crippen LogP contribution in [0.3, 0.4) is 0 Å². The van der Waals surface area contributed by atoms with Crippen molar-refractivity contribution >= 4 is 29.0 Å². The van der Waals surface area contributed by atoms with E-state index in [1.165, 1.54) is 31.4 Å². The molecule has 1 aromatic heterocycles. The first-order valence-corrected chi connectivity index (χ1v) is 7.92. The number of hydrogen-bond acceptors (Lipinski definition) is 4. The zero-order valence-corrected chi connectivity index (χ0v) is 14.2. The third-order valence-corrected chi connectivity index (χ3v) is 3.84. The van der Waals surface area contributed by atoms with Crippen LogP contribution in [0.1, 0.15) is 21.6 Å². The van der Waals surface area contributed by atoms with E-state index >= 15 is 0 Å². The zero-order valence-electron chi connectivity index (χ0n) is 14.2. The van der Waals surface area contributed by atoms with Gasteiger partial charge in [0.25, 0.3) is 0 Å². The summed E-state index contributed by atoms with van der Waals surface area (Å²) in [5, 5.41) is 9.95. The Kier molecular flexibility index (Phi) is 5.30. The van der Waals surface area contributed by atoms with Crippen LogP contribution in [0.4, 0.5) is 8.78 Å². The minimum Gasteiger partial charge on any atom is -0.493 e. The molecule has 0 aliphatic rings. The number of aromatic nitrogens is 1. The Balaban J connectivity index is 2.05. The maximum absolute atomic E-state index is 12.7. The number of carboxylic acids is 1. The molecule has 0 aliphatic heterocycles. The van der Waals surface area contributed by atoms with Gasteiger partial charge in [-0.3, -0.25) is 0 Å². The van der Waals surface area contributed by atoms with Gasteiger partial charge in [0.2, 0.25) is 0 Å². The average Bonchev–Trinajstić information content (AvgIpc) is 2.65. The summed E-state index contributed by atoms with van der Waals surface area (Å²) in [5.74, 6) is -1.02. The van der Waals surface area contributed by atoms with Crippen molar-refractivity contribution in [3.8, 4) is 11.5 Å². The van der Waals surface area contributed by atoms with Crippen molar-refractivity contribution in [3.05, 3.63) is 65.4 Å². The molecule has 138 valence electrons. The molecule has 0 fully saturated rings. The topological polar surface area (TPSA) is 68.7 Å². The number of aromatic carboxylic acids is 1. The largest absolute Gasteiger partial charge is 0.493 e. The lowest BCUT2D eigenvalue weighted by Gasteiger charge is -2.12. The van der Waals surface area contributed by atoms with Crippen molar-refractivity contribution in [2.75, 3.05) is 7.11 Å². The number of nitrogens with zero attached hydrogens (tertiary/aromatic N) is 1. The quantitative estimate of drug-likeness (QED) is 0.679. The van der Waals surface area contributed by atoms with Crippen molar-refractivity contribution in [3.63, 3.8) is 0 Å². The van der Waals surface area contributed by atoms with Gasteiger partial charge in [-0.15, -0.1) is 0 Å². The Morgan fingerprint density at radius 1 is 1.15 bits per heavy atom. The number of carboxylic acid groups (broad SMARTS) is 1. The van der Waals surface area contributed by atoms with Crippen LogP contribution in [0.5, 0.6) is 11.5 Å². The minimum absolute atomic E-state index is 0.106. The molecule has 1 heterocycles. The van der Waals surface area contributed by atoms with Crippen LogP contribution in [0.25, 0.3) is 23.1 Å². The number of rotatable bonds is 6. The highest BCUT2D eigenvalue weighted by Crippen LogP contribution is 2.33. The Labute approximate surface area is 153 Å². The van der Waals surface area contributed by atoms with E-state index in [1.807, 2.05) is 0 Å². The molecule has 2 aromatic carbocycles. The molecule has 1 N–H and O–H groups in total. The number of alkyl halides is 2. The molecule has 3 aromatic rings. The SMILES string of the molecule is COc1cccc(C=Cc2cc(C(=O)O)c3ccccc3n2)c1OC(F)F. The summed E-state index contributed by atoms with van der Waals surface area (Å²) < 4.78 is 35.1. The lowest BCUT2D eigenvalue weighted by atomic mass is 10.1. The summed E-state index contributed by atoms with van der Waals surface area (Å²) in [7, 11) is 1.35. The first kappa shape index (κ1) is 18.3. The predicted molar refractivity (Wildman–Crippen MR) is 97.3 cm³/mol. The van der Waals surface area contributed by atoms with Crippen LogP contribution in [-0.2, 0) is 0 Å². The maximum Gasteiger partial charge on any atom is 0.387 e. The fourth-order valence-electron chi connectivity index (χ4n) is 2.67. The van der Waals surface area contributed by atoms with Gasteiger partial charge in [0.05, 0.1) is 23.9 Å². The van der Waals surface area contributed by atoms with Gasteiger partial charge in [-0.25, -0.2) is 9.78 Å². The highest BCUT2D eigenvalue weighted by molar-refractivity contribution is 6.03. The average molecular weight is 371 g/mol. The molecule has 0 atom stereocenters. The Bertz CT molecular complexity index is 1020.